The molecule has 2 aromatic carbocycles. The number of carbonyl (C=O) groups is 3. The summed E-state index contributed by atoms with van der Waals surface area (Å²) >= 11 is 6.18. The standard InChI is InChI=1S/C30H34ClN3O5/c1-22(23-10-6-3-7-11-23)9-5-4-8-15-32-30(37)39-25-12-16-34(17-13-25)18-14-29(36)33-27-20-28(38-2)24(21-35)19-26(27)31/h3-11,19-21,25H,1,12-18H2,2H3,(H,32,37)(H,33,36)/b8-4-,9-5-. The average Bonchev–Trinajstić information content (AvgIpc) is 2.95. The predicted molar refractivity (Wildman–Crippen MR) is 154 cm³/mol. The van der Waals surface area contributed by atoms with Gasteiger partial charge in [-0.3, -0.25) is 9.59 Å². The van der Waals surface area contributed by atoms with Gasteiger partial charge in [-0.2, -0.15) is 0 Å². The summed E-state index contributed by atoms with van der Waals surface area (Å²) in [5, 5.41) is 5.77. The van der Waals surface area contributed by atoms with Crippen molar-refractivity contribution in [3.8, 4) is 5.75 Å². The molecule has 0 aliphatic carbocycles. The molecule has 0 unspecified atom stereocenters. The molecule has 0 bridgehead atoms. The molecule has 0 radical (unpaired) electrons. The first-order chi connectivity index (χ1) is 18.9. The van der Waals surface area contributed by atoms with Gasteiger partial charge in [-0.1, -0.05) is 72.8 Å². The number of halogens is 1. The van der Waals surface area contributed by atoms with Gasteiger partial charge in [-0.25, -0.2) is 4.79 Å². The maximum atomic E-state index is 12.4. The minimum absolute atomic E-state index is 0.157. The van der Waals surface area contributed by atoms with Gasteiger partial charge in [0.05, 0.1) is 23.4 Å². The molecule has 0 spiro atoms. The van der Waals surface area contributed by atoms with Gasteiger partial charge >= 0.3 is 6.09 Å². The van der Waals surface area contributed by atoms with Crippen molar-refractivity contribution in [2.45, 2.75) is 25.4 Å². The van der Waals surface area contributed by atoms with Crippen molar-refractivity contribution in [3.63, 3.8) is 0 Å². The van der Waals surface area contributed by atoms with Gasteiger partial charge in [0.1, 0.15) is 11.9 Å². The molecule has 9 heteroatoms. The van der Waals surface area contributed by atoms with E-state index in [1.165, 1.54) is 19.2 Å². The second kappa shape index (κ2) is 15.5. The quantitative estimate of drug-likeness (QED) is 0.267. The van der Waals surface area contributed by atoms with Crippen LogP contribution in [0.1, 0.15) is 35.2 Å². The van der Waals surface area contributed by atoms with Crippen molar-refractivity contribution in [1.29, 1.82) is 0 Å². The third-order valence-corrected chi connectivity index (χ3v) is 6.55. The zero-order chi connectivity index (χ0) is 28.0. The molecule has 8 nitrogen and oxygen atoms in total. The van der Waals surface area contributed by atoms with Crippen LogP contribution in [0.4, 0.5) is 10.5 Å². The first-order valence-corrected chi connectivity index (χ1v) is 13.1. The molecule has 39 heavy (non-hydrogen) atoms. The van der Waals surface area contributed by atoms with E-state index in [4.69, 9.17) is 21.1 Å². The number of benzene rings is 2. The molecule has 2 amide bonds. The van der Waals surface area contributed by atoms with Crippen LogP contribution < -0.4 is 15.4 Å². The first-order valence-electron chi connectivity index (χ1n) is 12.8. The fraction of sp³-hybridized carbons (Fsp3) is 0.300. The Morgan fingerprint density at radius 2 is 1.90 bits per heavy atom. The van der Waals surface area contributed by atoms with Crippen molar-refractivity contribution in [1.82, 2.24) is 10.2 Å². The Kier molecular flexibility index (Phi) is 11.8. The van der Waals surface area contributed by atoms with Crippen LogP contribution in [-0.2, 0) is 9.53 Å². The lowest BCUT2D eigenvalue weighted by atomic mass is 10.1. The molecule has 0 saturated carbocycles. The second-order valence-corrected chi connectivity index (χ2v) is 9.40. The van der Waals surface area contributed by atoms with Crippen LogP contribution in [0, 0.1) is 0 Å². The predicted octanol–water partition coefficient (Wildman–Crippen LogP) is 5.51. The van der Waals surface area contributed by atoms with Crippen LogP contribution in [0.15, 0.2) is 73.3 Å². The highest BCUT2D eigenvalue weighted by Crippen LogP contribution is 2.30. The summed E-state index contributed by atoms with van der Waals surface area (Å²) in [5.41, 5.74) is 2.68. The fourth-order valence-electron chi connectivity index (χ4n) is 4.06. The van der Waals surface area contributed by atoms with E-state index in [0.717, 1.165) is 24.2 Å². The summed E-state index contributed by atoms with van der Waals surface area (Å²) in [6, 6.07) is 12.9. The Balaban J connectivity index is 1.30. The number of likely N-dealkylation sites (tertiary alicyclic amines) is 1. The van der Waals surface area contributed by atoms with Crippen molar-refractivity contribution < 1.29 is 23.9 Å². The number of alkyl carbamates (subject to hydrolysis) is 1. The molecule has 206 valence electrons. The van der Waals surface area contributed by atoms with Gasteiger partial charge in [-0.05, 0) is 30.0 Å². The van der Waals surface area contributed by atoms with E-state index in [2.05, 4.69) is 22.1 Å². The van der Waals surface area contributed by atoms with Gasteiger partial charge in [0.15, 0.2) is 6.29 Å². The molecule has 1 saturated heterocycles. The number of amides is 2. The Labute approximate surface area is 234 Å². The number of ether oxygens (including phenoxy) is 2. The second-order valence-electron chi connectivity index (χ2n) is 9.00. The number of nitrogens with zero attached hydrogens (tertiary/aromatic N) is 1. The number of hydrogen-bond acceptors (Lipinski definition) is 6. The number of methoxy groups -OCH3 is 1. The van der Waals surface area contributed by atoms with Gasteiger partial charge in [-0.15, -0.1) is 0 Å². The lowest BCUT2D eigenvalue weighted by Crippen LogP contribution is -2.40. The van der Waals surface area contributed by atoms with Crippen molar-refractivity contribution >= 4 is 41.1 Å². The Bertz CT molecular complexity index is 1200. The van der Waals surface area contributed by atoms with Crippen LogP contribution >= 0.6 is 11.6 Å². The molecule has 1 aliphatic rings. The maximum Gasteiger partial charge on any atom is 0.407 e. The van der Waals surface area contributed by atoms with Crippen LogP contribution in [-0.4, -0.2) is 62.6 Å². The third-order valence-electron chi connectivity index (χ3n) is 6.24. The summed E-state index contributed by atoms with van der Waals surface area (Å²) in [4.78, 5) is 37.8. The highest BCUT2D eigenvalue weighted by atomic mass is 35.5. The molecule has 0 aromatic heterocycles. The molecular formula is C30H34ClN3O5. The van der Waals surface area contributed by atoms with Crippen molar-refractivity contribution in [2.24, 2.45) is 0 Å². The van der Waals surface area contributed by atoms with Crippen LogP contribution in [0.5, 0.6) is 5.75 Å². The summed E-state index contributed by atoms with van der Waals surface area (Å²) in [6.45, 7) is 6.43. The van der Waals surface area contributed by atoms with Gasteiger partial charge in [0.2, 0.25) is 5.91 Å². The van der Waals surface area contributed by atoms with E-state index in [1.807, 2.05) is 54.6 Å². The van der Waals surface area contributed by atoms with Crippen LogP contribution in [0.25, 0.3) is 5.57 Å². The van der Waals surface area contributed by atoms with E-state index in [9.17, 15) is 14.4 Å². The third kappa shape index (κ3) is 9.74. The Morgan fingerprint density at radius 1 is 1.15 bits per heavy atom. The maximum absolute atomic E-state index is 12.4. The number of anilines is 1. The van der Waals surface area contributed by atoms with Crippen molar-refractivity contribution in [3.05, 3.63) is 89.5 Å². The smallest absolute Gasteiger partial charge is 0.407 e. The van der Waals surface area contributed by atoms with E-state index < -0.39 is 6.09 Å². The number of hydrogen-bond donors (Lipinski definition) is 2. The van der Waals surface area contributed by atoms with E-state index >= 15 is 0 Å². The molecule has 1 heterocycles. The minimum atomic E-state index is -0.442. The molecule has 1 fully saturated rings. The number of nitrogens with one attached hydrogen (secondary N) is 2. The Hall–Kier alpha value is -3.88. The number of carbonyl (C=O) groups excluding carboxylic acids is 3. The lowest BCUT2D eigenvalue weighted by molar-refractivity contribution is -0.116. The zero-order valence-corrected chi connectivity index (χ0v) is 22.8. The molecule has 3 rings (SSSR count). The Morgan fingerprint density at radius 3 is 2.59 bits per heavy atom. The first kappa shape index (κ1) is 29.7. The van der Waals surface area contributed by atoms with Crippen LogP contribution in [0.3, 0.4) is 0 Å². The molecule has 1 aliphatic heterocycles. The monoisotopic (exact) mass is 551 g/mol. The molecule has 2 aromatic rings. The van der Waals surface area contributed by atoms with Crippen LogP contribution in [0.2, 0.25) is 5.02 Å². The number of rotatable bonds is 12. The molecular weight excluding hydrogens is 518 g/mol. The average molecular weight is 552 g/mol. The highest BCUT2D eigenvalue weighted by Gasteiger charge is 2.22. The topological polar surface area (TPSA) is 97.0 Å². The highest BCUT2D eigenvalue weighted by molar-refractivity contribution is 6.34. The summed E-state index contributed by atoms with van der Waals surface area (Å²) in [7, 11) is 1.44. The summed E-state index contributed by atoms with van der Waals surface area (Å²) in [5.74, 6) is 0.150. The minimum Gasteiger partial charge on any atom is -0.496 e. The summed E-state index contributed by atoms with van der Waals surface area (Å²) < 4.78 is 10.7. The summed E-state index contributed by atoms with van der Waals surface area (Å²) in [6.07, 6.45) is 9.22. The lowest BCUT2D eigenvalue weighted by Gasteiger charge is -2.31. The van der Waals surface area contributed by atoms with Gasteiger partial charge < -0.3 is 25.0 Å². The molecule has 0 atom stereocenters. The van der Waals surface area contributed by atoms with Crippen molar-refractivity contribution in [2.75, 3.05) is 38.6 Å². The van der Waals surface area contributed by atoms with E-state index in [0.29, 0.717) is 49.2 Å². The number of piperidine rings is 1. The fourth-order valence-corrected chi connectivity index (χ4v) is 4.28. The largest absolute Gasteiger partial charge is 0.496 e. The van der Waals surface area contributed by atoms with Gasteiger partial charge in [0, 0.05) is 38.7 Å². The molecule has 2 N–H and O–H groups in total. The van der Waals surface area contributed by atoms with E-state index in [-0.39, 0.29) is 23.5 Å². The normalized spacial score (nSPS) is 14.3. The van der Waals surface area contributed by atoms with E-state index in [1.54, 1.807) is 0 Å². The van der Waals surface area contributed by atoms with Gasteiger partial charge in [0.25, 0.3) is 0 Å². The number of allylic oxidation sites excluding steroid dienone is 4. The SMILES string of the molecule is C=C(/C=C\C=C/CNC(=O)OC1CCN(CCC(=O)Nc2cc(OC)c(C=O)cc2Cl)CC1)c1ccccc1. The number of aldehydes is 1. The zero-order valence-electron chi connectivity index (χ0n) is 22.0.